The van der Waals surface area contributed by atoms with Crippen molar-refractivity contribution in [2.45, 2.75) is 19.9 Å². The average Bonchev–Trinajstić information content (AvgIpc) is 2.41. The molecule has 1 saturated heterocycles. The van der Waals surface area contributed by atoms with E-state index in [1.165, 1.54) is 0 Å². The minimum Gasteiger partial charge on any atom is -0.497 e. The molecule has 0 bridgehead atoms. The molecule has 1 heterocycles. The van der Waals surface area contributed by atoms with E-state index in [1.807, 2.05) is 18.2 Å². The van der Waals surface area contributed by atoms with Crippen molar-refractivity contribution in [2.24, 2.45) is 5.41 Å². The summed E-state index contributed by atoms with van der Waals surface area (Å²) in [5.74, 6) is 1.73. The third-order valence-electron chi connectivity index (χ3n) is 3.64. The van der Waals surface area contributed by atoms with Gasteiger partial charge in [0.2, 0.25) is 0 Å². The molecule has 4 heteroatoms. The summed E-state index contributed by atoms with van der Waals surface area (Å²) in [4.78, 5) is 0. The quantitative estimate of drug-likeness (QED) is 0.857. The normalized spacial score (nSPS) is 18.5. The van der Waals surface area contributed by atoms with Crippen molar-refractivity contribution in [1.82, 2.24) is 5.32 Å². The number of rotatable bonds is 6. The van der Waals surface area contributed by atoms with Crippen LogP contribution >= 0.6 is 0 Å². The van der Waals surface area contributed by atoms with E-state index in [9.17, 15) is 0 Å². The van der Waals surface area contributed by atoms with Gasteiger partial charge in [-0.15, -0.1) is 0 Å². The molecule has 1 atom stereocenters. The molecular weight excluding hydrogens is 242 g/mol. The third kappa shape index (κ3) is 3.19. The lowest BCUT2D eigenvalue weighted by Crippen LogP contribution is -2.47. The van der Waals surface area contributed by atoms with Crippen LogP contribution in [0.4, 0.5) is 0 Å². The van der Waals surface area contributed by atoms with Crippen LogP contribution in [0.3, 0.4) is 0 Å². The van der Waals surface area contributed by atoms with Crippen molar-refractivity contribution < 1.29 is 14.2 Å². The molecular formula is C15H23NO3. The van der Waals surface area contributed by atoms with Crippen LogP contribution in [0.15, 0.2) is 18.2 Å². The SMILES string of the molecule is COc1ccc(OC)c(C(C)NCC2(C)COC2)c1. The van der Waals surface area contributed by atoms with Crippen LogP contribution < -0.4 is 14.8 Å². The maximum atomic E-state index is 5.42. The van der Waals surface area contributed by atoms with E-state index in [2.05, 4.69) is 19.2 Å². The minimum absolute atomic E-state index is 0.211. The monoisotopic (exact) mass is 265 g/mol. The summed E-state index contributed by atoms with van der Waals surface area (Å²) in [7, 11) is 3.37. The van der Waals surface area contributed by atoms with Gasteiger partial charge in [-0.3, -0.25) is 0 Å². The summed E-state index contributed by atoms with van der Waals surface area (Å²) in [5.41, 5.74) is 1.38. The molecule has 0 amide bonds. The molecule has 0 radical (unpaired) electrons. The lowest BCUT2D eigenvalue weighted by Gasteiger charge is -2.39. The van der Waals surface area contributed by atoms with Gasteiger partial charge in [0.1, 0.15) is 11.5 Å². The smallest absolute Gasteiger partial charge is 0.123 e. The first-order chi connectivity index (χ1) is 9.08. The van der Waals surface area contributed by atoms with E-state index < -0.39 is 0 Å². The molecule has 4 nitrogen and oxygen atoms in total. The van der Waals surface area contributed by atoms with Crippen molar-refractivity contribution in [2.75, 3.05) is 34.0 Å². The first kappa shape index (κ1) is 14.2. The molecule has 2 rings (SSSR count). The van der Waals surface area contributed by atoms with Gasteiger partial charge in [0.25, 0.3) is 0 Å². The number of methoxy groups -OCH3 is 2. The molecule has 106 valence electrons. The van der Waals surface area contributed by atoms with E-state index in [0.717, 1.165) is 36.8 Å². The lowest BCUT2D eigenvalue weighted by atomic mass is 9.88. The Kier molecular flexibility index (Phi) is 4.32. The van der Waals surface area contributed by atoms with E-state index in [0.29, 0.717) is 0 Å². The van der Waals surface area contributed by atoms with Crippen LogP contribution in [0.1, 0.15) is 25.5 Å². The Labute approximate surface area is 115 Å². The Balaban J connectivity index is 2.06. The lowest BCUT2D eigenvalue weighted by molar-refractivity contribution is -0.0999. The van der Waals surface area contributed by atoms with Crippen LogP contribution in [0.2, 0.25) is 0 Å². The van der Waals surface area contributed by atoms with Crippen LogP contribution in [-0.4, -0.2) is 34.0 Å². The van der Waals surface area contributed by atoms with Crippen LogP contribution in [0.25, 0.3) is 0 Å². The highest BCUT2D eigenvalue weighted by atomic mass is 16.5. The Morgan fingerprint density at radius 2 is 2.05 bits per heavy atom. The molecule has 1 aliphatic heterocycles. The van der Waals surface area contributed by atoms with Gasteiger partial charge < -0.3 is 19.5 Å². The fraction of sp³-hybridized carbons (Fsp3) is 0.600. The zero-order chi connectivity index (χ0) is 13.9. The molecule has 0 aliphatic carbocycles. The number of nitrogens with one attached hydrogen (secondary N) is 1. The highest BCUT2D eigenvalue weighted by molar-refractivity contribution is 5.42. The van der Waals surface area contributed by atoms with Gasteiger partial charge in [0.05, 0.1) is 27.4 Å². The fourth-order valence-electron chi connectivity index (χ4n) is 2.24. The number of benzene rings is 1. The van der Waals surface area contributed by atoms with Gasteiger partial charge in [-0.2, -0.15) is 0 Å². The van der Waals surface area contributed by atoms with E-state index in [-0.39, 0.29) is 11.5 Å². The second-order valence-corrected chi connectivity index (χ2v) is 5.51. The molecule has 19 heavy (non-hydrogen) atoms. The Bertz CT molecular complexity index is 429. The summed E-state index contributed by atoms with van der Waals surface area (Å²) in [5, 5.41) is 3.55. The molecule has 1 aromatic rings. The summed E-state index contributed by atoms with van der Waals surface area (Å²) in [6, 6.07) is 6.09. The van der Waals surface area contributed by atoms with Crippen molar-refractivity contribution in [3.8, 4) is 11.5 Å². The summed E-state index contributed by atoms with van der Waals surface area (Å²) in [6.07, 6.45) is 0. The largest absolute Gasteiger partial charge is 0.497 e. The molecule has 1 aromatic carbocycles. The van der Waals surface area contributed by atoms with E-state index in [4.69, 9.17) is 14.2 Å². The van der Waals surface area contributed by atoms with Gasteiger partial charge in [0.15, 0.2) is 0 Å². The first-order valence-corrected chi connectivity index (χ1v) is 6.61. The molecule has 0 saturated carbocycles. The summed E-state index contributed by atoms with van der Waals surface area (Å²) >= 11 is 0. The van der Waals surface area contributed by atoms with Crippen LogP contribution in [0.5, 0.6) is 11.5 Å². The van der Waals surface area contributed by atoms with Crippen molar-refractivity contribution >= 4 is 0 Å². The van der Waals surface area contributed by atoms with Gasteiger partial charge in [-0.25, -0.2) is 0 Å². The standard InChI is InChI=1S/C15H23NO3/c1-11(16-8-15(2)9-19-10-15)13-7-12(17-3)5-6-14(13)18-4/h5-7,11,16H,8-10H2,1-4H3. The fourth-order valence-corrected chi connectivity index (χ4v) is 2.24. The Hall–Kier alpha value is -1.26. The zero-order valence-electron chi connectivity index (χ0n) is 12.2. The van der Waals surface area contributed by atoms with Gasteiger partial charge in [0, 0.05) is 23.6 Å². The predicted octanol–water partition coefficient (Wildman–Crippen LogP) is 2.39. The molecule has 1 unspecified atom stereocenters. The second-order valence-electron chi connectivity index (χ2n) is 5.51. The number of hydrogen-bond donors (Lipinski definition) is 1. The van der Waals surface area contributed by atoms with Crippen LogP contribution in [-0.2, 0) is 4.74 Å². The van der Waals surface area contributed by atoms with E-state index >= 15 is 0 Å². The van der Waals surface area contributed by atoms with Gasteiger partial charge in [-0.1, -0.05) is 6.92 Å². The highest BCUT2D eigenvalue weighted by Gasteiger charge is 2.33. The minimum atomic E-state index is 0.211. The van der Waals surface area contributed by atoms with Gasteiger partial charge >= 0.3 is 0 Å². The van der Waals surface area contributed by atoms with Crippen molar-refractivity contribution in [3.63, 3.8) is 0 Å². The van der Waals surface area contributed by atoms with E-state index in [1.54, 1.807) is 14.2 Å². The summed E-state index contributed by atoms with van der Waals surface area (Å²) in [6.45, 7) is 6.98. The van der Waals surface area contributed by atoms with Crippen molar-refractivity contribution in [3.05, 3.63) is 23.8 Å². The van der Waals surface area contributed by atoms with Crippen molar-refractivity contribution in [1.29, 1.82) is 0 Å². The number of ether oxygens (including phenoxy) is 3. The number of hydrogen-bond acceptors (Lipinski definition) is 4. The average molecular weight is 265 g/mol. The highest BCUT2D eigenvalue weighted by Crippen LogP contribution is 2.31. The second kappa shape index (κ2) is 5.80. The van der Waals surface area contributed by atoms with Crippen LogP contribution in [0, 0.1) is 5.41 Å². The summed E-state index contributed by atoms with van der Waals surface area (Å²) < 4.78 is 16.0. The molecule has 0 aromatic heterocycles. The molecule has 0 spiro atoms. The maximum Gasteiger partial charge on any atom is 0.123 e. The van der Waals surface area contributed by atoms with Gasteiger partial charge in [-0.05, 0) is 25.1 Å². The zero-order valence-corrected chi connectivity index (χ0v) is 12.2. The predicted molar refractivity (Wildman–Crippen MR) is 74.9 cm³/mol. The Morgan fingerprint density at radius 1 is 1.32 bits per heavy atom. The first-order valence-electron chi connectivity index (χ1n) is 6.61. The molecule has 1 aliphatic rings. The maximum absolute atomic E-state index is 5.42. The topological polar surface area (TPSA) is 39.7 Å². The Morgan fingerprint density at radius 3 is 2.58 bits per heavy atom. The molecule has 1 N–H and O–H groups in total. The third-order valence-corrected chi connectivity index (χ3v) is 3.64. The molecule has 1 fully saturated rings.